The summed E-state index contributed by atoms with van der Waals surface area (Å²) < 4.78 is 5.75. The van der Waals surface area contributed by atoms with Crippen molar-refractivity contribution in [2.75, 3.05) is 44.2 Å². The summed E-state index contributed by atoms with van der Waals surface area (Å²) in [6.45, 7) is 9.01. The molecule has 0 unspecified atom stereocenters. The number of hydrogen-bond donors (Lipinski definition) is 1. The largest absolute Gasteiger partial charge is 0.491 e. The molecule has 0 saturated carbocycles. The molecule has 0 amide bonds. The Kier molecular flexibility index (Phi) is 7.00. The fraction of sp³-hybridized carbons (Fsp3) is 0.455. The summed E-state index contributed by atoms with van der Waals surface area (Å²) >= 11 is 6.09. The Bertz CT molecular complexity index is 713. The second-order valence-corrected chi connectivity index (χ2v) is 7.89. The predicted molar refractivity (Wildman–Crippen MR) is 112 cm³/mol. The van der Waals surface area contributed by atoms with Gasteiger partial charge in [-0.3, -0.25) is 4.90 Å². The van der Waals surface area contributed by atoms with Crippen molar-refractivity contribution >= 4 is 17.3 Å². The van der Waals surface area contributed by atoms with Gasteiger partial charge in [-0.05, 0) is 41.8 Å². The van der Waals surface area contributed by atoms with E-state index >= 15 is 0 Å². The zero-order valence-corrected chi connectivity index (χ0v) is 16.9. The topological polar surface area (TPSA) is 35.9 Å². The molecule has 0 aromatic heterocycles. The molecule has 146 valence electrons. The Hall–Kier alpha value is -1.75. The lowest BCUT2D eigenvalue weighted by atomic mass is 10.0. The third-order valence-corrected chi connectivity index (χ3v) is 5.24. The lowest BCUT2D eigenvalue weighted by molar-refractivity contribution is 0.0663. The molecule has 1 N–H and O–H groups in total. The van der Waals surface area contributed by atoms with Gasteiger partial charge in [0, 0.05) is 43.4 Å². The van der Waals surface area contributed by atoms with Gasteiger partial charge in [-0.25, -0.2) is 0 Å². The number of rotatable bonds is 7. The minimum atomic E-state index is -0.493. The molecule has 2 aromatic carbocycles. The van der Waals surface area contributed by atoms with Crippen molar-refractivity contribution in [2.45, 2.75) is 25.9 Å². The summed E-state index contributed by atoms with van der Waals surface area (Å²) in [4.78, 5) is 4.62. The van der Waals surface area contributed by atoms with E-state index in [1.807, 2.05) is 30.3 Å². The van der Waals surface area contributed by atoms with Crippen LogP contribution in [0.15, 0.2) is 48.5 Å². The third-order valence-electron chi connectivity index (χ3n) is 5.00. The van der Waals surface area contributed by atoms with Gasteiger partial charge in [0.1, 0.15) is 18.5 Å². The first-order chi connectivity index (χ1) is 13.0. The number of aliphatic hydroxyl groups excluding tert-OH is 1. The van der Waals surface area contributed by atoms with Crippen LogP contribution in [0.1, 0.15) is 25.3 Å². The Labute approximate surface area is 167 Å². The molecular formula is C22H29ClN2O2. The lowest BCUT2D eigenvalue weighted by Crippen LogP contribution is -2.49. The first-order valence-corrected chi connectivity index (χ1v) is 10.0. The van der Waals surface area contributed by atoms with Crippen molar-refractivity contribution in [3.63, 3.8) is 0 Å². The van der Waals surface area contributed by atoms with Crippen molar-refractivity contribution < 1.29 is 9.84 Å². The van der Waals surface area contributed by atoms with Crippen molar-refractivity contribution in [2.24, 2.45) is 0 Å². The Morgan fingerprint density at radius 1 is 1.04 bits per heavy atom. The van der Waals surface area contributed by atoms with Gasteiger partial charge in [0.2, 0.25) is 0 Å². The maximum absolute atomic E-state index is 10.3. The molecule has 0 bridgehead atoms. The molecule has 0 spiro atoms. The van der Waals surface area contributed by atoms with E-state index < -0.39 is 6.10 Å². The van der Waals surface area contributed by atoms with Crippen molar-refractivity contribution in [1.82, 2.24) is 4.90 Å². The average Bonchev–Trinajstić information content (AvgIpc) is 2.67. The van der Waals surface area contributed by atoms with Crippen LogP contribution in [-0.4, -0.2) is 55.4 Å². The first-order valence-electron chi connectivity index (χ1n) is 9.65. The molecular weight excluding hydrogens is 360 g/mol. The third kappa shape index (κ3) is 5.86. The maximum Gasteiger partial charge on any atom is 0.119 e. The highest BCUT2D eigenvalue weighted by Gasteiger charge is 2.20. The van der Waals surface area contributed by atoms with E-state index in [2.05, 4.69) is 41.8 Å². The molecule has 2 aromatic rings. The summed E-state index contributed by atoms with van der Waals surface area (Å²) in [5.41, 5.74) is 2.45. The SMILES string of the molecule is CC(C)c1ccc(OC[C@@H](O)CN2CCN(c3cccc(Cl)c3)CC2)cc1. The average molecular weight is 389 g/mol. The van der Waals surface area contributed by atoms with Gasteiger partial charge in [-0.1, -0.05) is 43.6 Å². The van der Waals surface area contributed by atoms with Gasteiger partial charge >= 0.3 is 0 Å². The van der Waals surface area contributed by atoms with Crippen LogP contribution >= 0.6 is 11.6 Å². The first kappa shape index (κ1) is 20.0. The molecule has 1 heterocycles. The molecule has 4 nitrogen and oxygen atoms in total. The van der Waals surface area contributed by atoms with Crippen LogP contribution < -0.4 is 9.64 Å². The number of benzene rings is 2. The van der Waals surface area contributed by atoms with E-state index in [9.17, 15) is 5.11 Å². The highest BCUT2D eigenvalue weighted by molar-refractivity contribution is 6.30. The quantitative estimate of drug-likeness (QED) is 0.777. The highest BCUT2D eigenvalue weighted by atomic mass is 35.5. The Morgan fingerprint density at radius 2 is 1.74 bits per heavy atom. The zero-order valence-electron chi connectivity index (χ0n) is 16.1. The molecule has 5 heteroatoms. The van der Waals surface area contributed by atoms with Gasteiger partial charge in [0.15, 0.2) is 0 Å². The van der Waals surface area contributed by atoms with Gasteiger partial charge in [-0.2, -0.15) is 0 Å². The van der Waals surface area contributed by atoms with Crippen LogP contribution in [0.4, 0.5) is 5.69 Å². The van der Waals surface area contributed by atoms with E-state index in [1.54, 1.807) is 0 Å². The van der Waals surface area contributed by atoms with Crippen LogP contribution in [0, 0.1) is 0 Å². The van der Waals surface area contributed by atoms with Crippen molar-refractivity contribution in [3.05, 3.63) is 59.1 Å². The van der Waals surface area contributed by atoms with Crippen molar-refractivity contribution in [3.8, 4) is 5.75 Å². The number of aliphatic hydroxyl groups is 1. The molecule has 27 heavy (non-hydrogen) atoms. The lowest BCUT2D eigenvalue weighted by Gasteiger charge is -2.36. The van der Waals surface area contributed by atoms with Gasteiger partial charge in [0.05, 0.1) is 0 Å². The van der Waals surface area contributed by atoms with Crippen LogP contribution in [0.3, 0.4) is 0 Å². The minimum Gasteiger partial charge on any atom is -0.491 e. The number of anilines is 1. The summed E-state index contributed by atoms with van der Waals surface area (Å²) in [5, 5.41) is 11.1. The second kappa shape index (κ2) is 9.45. The molecule has 1 aliphatic heterocycles. The van der Waals surface area contributed by atoms with E-state index in [0.717, 1.165) is 42.6 Å². The maximum atomic E-state index is 10.3. The number of ether oxygens (including phenoxy) is 1. The zero-order chi connectivity index (χ0) is 19.2. The minimum absolute atomic E-state index is 0.315. The number of piperazine rings is 1. The molecule has 0 aliphatic carbocycles. The van der Waals surface area contributed by atoms with Gasteiger partial charge in [-0.15, -0.1) is 0 Å². The Balaban J connectivity index is 1.41. The number of nitrogens with zero attached hydrogens (tertiary/aromatic N) is 2. The van der Waals surface area contributed by atoms with Crippen LogP contribution in [0.5, 0.6) is 5.75 Å². The molecule has 1 fully saturated rings. The summed E-state index contributed by atoms with van der Waals surface area (Å²) in [7, 11) is 0. The highest BCUT2D eigenvalue weighted by Crippen LogP contribution is 2.21. The number of β-amino-alcohol motifs (C(OH)–C–C–N with tert-alkyl or cyclic N) is 1. The van der Waals surface area contributed by atoms with Crippen LogP contribution in [0.2, 0.25) is 5.02 Å². The molecule has 1 aliphatic rings. The van der Waals surface area contributed by atoms with Gasteiger partial charge < -0.3 is 14.7 Å². The standard InChI is InChI=1S/C22H29ClN2O2/c1-17(2)18-6-8-22(9-7-18)27-16-21(26)15-24-10-12-25(13-11-24)20-5-3-4-19(23)14-20/h3-9,14,17,21,26H,10-13,15-16H2,1-2H3/t21-/m0/s1. The van der Waals surface area contributed by atoms with E-state index in [-0.39, 0.29) is 0 Å². The normalized spacial score (nSPS) is 16.6. The molecule has 0 radical (unpaired) electrons. The van der Waals surface area contributed by atoms with E-state index in [0.29, 0.717) is 19.1 Å². The molecule has 3 rings (SSSR count). The van der Waals surface area contributed by atoms with Crippen molar-refractivity contribution in [1.29, 1.82) is 0 Å². The number of hydrogen-bond acceptors (Lipinski definition) is 4. The van der Waals surface area contributed by atoms with E-state index in [4.69, 9.17) is 16.3 Å². The molecule has 1 saturated heterocycles. The summed E-state index contributed by atoms with van der Waals surface area (Å²) in [6, 6.07) is 16.1. The summed E-state index contributed by atoms with van der Waals surface area (Å²) in [6.07, 6.45) is -0.493. The number of halogens is 1. The fourth-order valence-corrected chi connectivity index (χ4v) is 3.54. The van der Waals surface area contributed by atoms with Crippen LogP contribution in [-0.2, 0) is 0 Å². The van der Waals surface area contributed by atoms with Crippen LogP contribution in [0.25, 0.3) is 0 Å². The van der Waals surface area contributed by atoms with Gasteiger partial charge in [0.25, 0.3) is 0 Å². The monoisotopic (exact) mass is 388 g/mol. The predicted octanol–water partition coefficient (Wildman–Crippen LogP) is 4.03. The smallest absolute Gasteiger partial charge is 0.119 e. The Morgan fingerprint density at radius 3 is 2.37 bits per heavy atom. The molecule has 1 atom stereocenters. The fourth-order valence-electron chi connectivity index (χ4n) is 3.35. The van der Waals surface area contributed by atoms with E-state index in [1.165, 1.54) is 5.56 Å². The summed E-state index contributed by atoms with van der Waals surface area (Å²) in [5.74, 6) is 1.32. The second-order valence-electron chi connectivity index (χ2n) is 7.46.